The molecule has 0 bridgehead atoms. The number of nitrogens with one attached hydrogen (secondary N) is 2. The zero-order valence-corrected chi connectivity index (χ0v) is 15.2. The maximum absolute atomic E-state index is 12.4. The van der Waals surface area contributed by atoms with Gasteiger partial charge in [-0.2, -0.15) is 0 Å². The van der Waals surface area contributed by atoms with E-state index in [9.17, 15) is 4.79 Å². The Morgan fingerprint density at radius 3 is 2.84 bits per heavy atom. The molecule has 5 nitrogen and oxygen atoms in total. The summed E-state index contributed by atoms with van der Waals surface area (Å²) in [7, 11) is 0. The molecular formula is C20H28N4O. The van der Waals surface area contributed by atoms with Crippen molar-refractivity contribution in [3.8, 4) is 0 Å². The first-order chi connectivity index (χ1) is 12.1. The van der Waals surface area contributed by atoms with Gasteiger partial charge in [-0.15, -0.1) is 0 Å². The maximum atomic E-state index is 12.4. The first-order valence-corrected chi connectivity index (χ1v) is 9.64. The van der Waals surface area contributed by atoms with Gasteiger partial charge in [0.25, 0.3) is 0 Å². The number of carbonyl (C=O) groups excluding carboxylic acids is 1. The molecule has 1 aromatic heterocycles. The molecule has 1 atom stereocenters. The fourth-order valence-corrected chi connectivity index (χ4v) is 4.63. The van der Waals surface area contributed by atoms with E-state index in [0.717, 1.165) is 12.4 Å². The first kappa shape index (κ1) is 16.6. The molecule has 3 heterocycles. The lowest BCUT2D eigenvalue weighted by atomic mass is 9.75. The number of hydrogen-bond donors (Lipinski definition) is 2. The molecule has 4 rings (SSSR count). The standard InChI is InChI=1S/C20H28N4O/c1-13(2)23-24-12-15-11-17(25)22-19(14-7-4-3-5-8-14)18(15)16-9-6-10-21-20(16)24/h6,9-10,13-14,19,23H,3-5,7-8,11-12H2,1-2H3,(H,22,25). The van der Waals surface area contributed by atoms with Gasteiger partial charge in [-0.05, 0) is 55.9 Å². The molecule has 1 amide bonds. The van der Waals surface area contributed by atoms with Crippen LogP contribution in [0.1, 0.15) is 57.9 Å². The quantitative estimate of drug-likeness (QED) is 0.888. The molecular weight excluding hydrogens is 312 g/mol. The maximum Gasteiger partial charge on any atom is 0.224 e. The van der Waals surface area contributed by atoms with Crippen LogP contribution < -0.4 is 15.8 Å². The molecule has 2 aliphatic heterocycles. The number of rotatable bonds is 3. The molecule has 2 N–H and O–H groups in total. The van der Waals surface area contributed by atoms with E-state index in [0.29, 0.717) is 18.4 Å². The molecule has 5 heteroatoms. The van der Waals surface area contributed by atoms with Crippen LogP contribution in [-0.4, -0.2) is 29.5 Å². The van der Waals surface area contributed by atoms with Gasteiger partial charge in [-0.1, -0.05) is 19.3 Å². The predicted octanol–water partition coefficient (Wildman–Crippen LogP) is 3.04. The second kappa shape index (κ2) is 6.79. The van der Waals surface area contributed by atoms with Crippen molar-refractivity contribution in [3.63, 3.8) is 0 Å². The predicted molar refractivity (Wildman–Crippen MR) is 99.9 cm³/mol. The van der Waals surface area contributed by atoms with Crippen LogP contribution in [0, 0.1) is 5.92 Å². The molecule has 1 fully saturated rings. The van der Waals surface area contributed by atoms with Crippen molar-refractivity contribution in [1.82, 2.24) is 15.7 Å². The molecule has 25 heavy (non-hydrogen) atoms. The number of pyridine rings is 1. The van der Waals surface area contributed by atoms with E-state index in [2.05, 4.69) is 40.6 Å². The van der Waals surface area contributed by atoms with Crippen LogP contribution in [0.25, 0.3) is 5.57 Å². The van der Waals surface area contributed by atoms with Crippen LogP contribution >= 0.6 is 0 Å². The third-order valence-corrected chi connectivity index (χ3v) is 5.60. The number of hydrazine groups is 1. The van der Waals surface area contributed by atoms with E-state index < -0.39 is 0 Å². The largest absolute Gasteiger partial charge is 0.349 e. The van der Waals surface area contributed by atoms with Gasteiger partial charge < -0.3 is 5.32 Å². The van der Waals surface area contributed by atoms with Gasteiger partial charge in [0.05, 0.1) is 19.0 Å². The lowest BCUT2D eigenvalue weighted by Gasteiger charge is -2.42. The number of fused-ring (bicyclic) bond motifs is 2. The van der Waals surface area contributed by atoms with E-state index in [-0.39, 0.29) is 11.9 Å². The van der Waals surface area contributed by atoms with Crippen molar-refractivity contribution in [2.45, 2.75) is 64.5 Å². The highest BCUT2D eigenvalue weighted by atomic mass is 16.1. The van der Waals surface area contributed by atoms with Crippen LogP contribution in [0.2, 0.25) is 0 Å². The number of anilines is 1. The molecule has 3 aliphatic rings. The van der Waals surface area contributed by atoms with Crippen molar-refractivity contribution >= 4 is 17.3 Å². The summed E-state index contributed by atoms with van der Waals surface area (Å²) < 4.78 is 0. The molecule has 0 spiro atoms. The van der Waals surface area contributed by atoms with Crippen LogP contribution in [-0.2, 0) is 4.79 Å². The van der Waals surface area contributed by atoms with E-state index in [1.807, 2.05) is 12.3 Å². The summed E-state index contributed by atoms with van der Waals surface area (Å²) in [6, 6.07) is 4.65. The van der Waals surface area contributed by atoms with Crippen LogP contribution in [0.4, 0.5) is 5.82 Å². The van der Waals surface area contributed by atoms with E-state index in [1.165, 1.54) is 48.8 Å². The summed E-state index contributed by atoms with van der Waals surface area (Å²) in [6.07, 6.45) is 8.67. The topological polar surface area (TPSA) is 57.3 Å². The Balaban J connectivity index is 1.75. The molecule has 0 saturated heterocycles. The second-order valence-corrected chi connectivity index (χ2v) is 7.88. The normalized spacial score (nSPS) is 24.2. The number of hydrogen-bond acceptors (Lipinski definition) is 4. The summed E-state index contributed by atoms with van der Waals surface area (Å²) >= 11 is 0. The molecule has 1 aliphatic carbocycles. The molecule has 134 valence electrons. The average molecular weight is 340 g/mol. The number of aromatic nitrogens is 1. The number of carbonyl (C=O) groups is 1. The highest BCUT2D eigenvalue weighted by Crippen LogP contribution is 2.42. The molecule has 0 radical (unpaired) electrons. The summed E-state index contributed by atoms with van der Waals surface area (Å²) in [5.41, 5.74) is 7.27. The Hall–Kier alpha value is -1.88. The van der Waals surface area contributed by atoms with Gasteiger partial charge in [0, 0.05) is 17.8 Å². The van der Waals surface area contributed by atoms with E-state index in [1.54, 1.807) is 0 Å². The van der Waals surface area contributed by atoms with Gasteiger partial charge in [-0.3, -0.25) is 9.80 Å². The number of amides is 1. The van der Waals surface area contributed by atoms with Crippen molar-refractivity contribution in [1.29, 1.82) is 0 Å². The Labute approximate surface area is 149 Å². The monoisotopic (exact) mass is 340 g/mol. The molecule has 0 aromatic carbocycles. The lowest BCUT2D eigenvalue weighted by molar-refractivity contribution is -0.121. The van der Waals surface area contributed by atoms with Crippen molar-refractivity contribution in [2.75, 3.05) is 11.6 Å². The highest BCUT2D eigenvalue weighted by molar-refractivity contribution is 5.93. The summed E-state index contributed by atoms with van der Waals surface area (Å²) in [5.74, 6) is 1.72. The van der Waals surface area contributed by atoms with E-state index >= 15 is 0 Å². The SMILES string of the molecule is CC(C)NN1CC2=C(c3cccnc31)C(C1CCCCC1)NC(=O)C2. The first-order valence-electron chi connectivity index (χ1n) is 9.64. The van der Waals surface area contributed by atoms with Crippen molar-refractivity contribution in [3.05, 3.63) is 29.5 Å². The number of nitrogens with zero attached hydrogens (tertiary/aromatic N) is 2. The minimum atomic E-state index is 0.153. The summed E-state index contributed by atoms with van der Waals surface area (Å²) in [6.45, 7) is 5.00. The van der Waals surface area contributed by atoms with Crippen molar-refractivity contribution in [2.24, 2.45) is 5.92 Å². The van der Waals surface area contributed by atoms with Gasteiger partial charge >= 0.3 is 0 Å². The Morgan fingerprint density at radius 2 is 2.08 bits per heavy atom. The molecule has 1 saturated carbocycles. The van der Waals surface area contributed by atoms with Crippen LogP contribution in [0.15, 0.2) is 23.9 Å². The summed E-state index contributed by atoms with van der Waals surface area (Å²) in [5, 5.41) is 5.44. The average Bonchev–Trinajstić information content (AvgIpc) is 2.61. The van der Waals surface area contributed by atoms with Crippen molar-refractivity contribution < 1.29 is 4.79 Å². The second-order valence-electron chi connectivity index (χ2n) is 7.88. The highest BCUT2D eigenvalue weighted by Gasteiger charge is 2.38. The third kappa shape index (κ3) is 3.17. The molecule has 1 aromatic rings. The smallest absolute Gasteiger partial charge is 0.224 e. The van der Waals surface area contributed by atoms with Gasteiger partial charge in [0.15, 0.2) is 5.82 Å². The fraction of sp³-hybridized carbons (Fsp3) is 0.600. The Kier molecular flexibility index (Phi) is 4.50. The Morgan fingerprint density at radius 1 is 1.28 bits per heavy atom. The van der Waals surface area contributed by atoms with Gasteiger partial charge in [-0.25, -0.2) is 10.4 Å². The van der Waals surface area contributed by atoms with Gasteiger partial charge in [0.1, 0.15) is 0 Å². The lowest BCUT2D eigenvalue weighted by Crippen LogP contribution is -2.52. The summed E-state index contributed by atoms with van der Waals surface area (Å²) in [4.78, 5) is 17.1. The van der Waals surface area contributed by atoms with Gasteiger partial charge in [0.2, 0.25) is 5.91 Å². The Bertz CT molecular complexity index is 691. The van der Waals surface area contributed by atoms with Crippen LogP contribution in [0.3, 0.4) is 0 Å². The van der Waals surface area contributed by atoms with E-state index in [4.69, 9.17) is 0 Å². The minimum Gasteiger partial charge on any atom is -0.349 e. The zero-order valence-electron chi connectivity index (χ0n) is 15.2. The minimum absolute atomic E-state index is 0.153. The zero-order chi connectivity index (χ0) is 17.4. The fourth-order valence-electron chi connectivity index (χ4n) is 4.63. The molecule has 1 unspecified atom stereocenters. The van der Waals surface area contributed by atoms with Crippen LogP contribution in [0.5, 0.6) is 0 Å². The third-order valence-electron chi connectivity index (χ3n) is 5.60.